The highest BCUT2D eigenvalue weighted by atomic mass is 32.1. The topological polar surface area (TPSA) is 31.6 Å². The Balaban J connectivity index is 3.52. The Hall–Kier alpha value is -0.130. The lowest BCUT2D eigenvalue weighted by Crippen LogP contribution is -1.81. The van der Waals surface area contributed by atoms with Gasteiger partial charge in [0.2, 0.25) is 0 Å². The van der Waals surface area contributed by atoms with Crippen molar-refractivity contribution < 1.29 is 0 Å². The average molecular weight is 176 g/mol. The van der Waals surface area contributed by atoms with E-state index in [1.807, 2.05) is 0 Å². The second-order valence-corrected chi connectivity index (χ2v) is 2.80. The number of hydrogen-bond acceptors (Lipinski definition) is 3. The fourth-order valence-corrected chi connectivity index (χ4v) is 1.36. The molecule has 1 aromatic rings. The van der Waals surface area contributed by atoms with E-state index in [0.29, 0.717) is 14.4 Å². The van der Waals surface area contributed by atoms with Crippen molar-refractivity contribution in [3.05, 3.63) is 15.5 Å². The van der Waals surface area contributed by atoms with Crippen LogP contribution < -0.4 is 0 Å². The number of aromatic amines is 2. The summed E-state index contributed by atoms with van der Waals surface area (Å²) >= 11 is 13.6. The molecule has 0 aliphatic rings. The summed E-state index contributed by atoms with van der Waals surface area (Å²) in [5, 5.41) is 0.684. The Kier molecular flexibility index (Phi) is 2.05. The maximum Gasteiger partial charge on any atom is 0.176 e. The molecule has 0 aliphatic heterocycles. The van der Waals surface area contributed by atoms with Gasteiger partial charge in [0.1, 0.15) is 4.64 Å². The first-order chi connectivity index (χ1) is 4.18. The SMILES string of the molecule is S=c1cc(S)[nH]c(=S)[nH]1. The van der Waals surface area contributed by atoms with E-state index in [-0.39, 0.29) is 0 Å². The maximum atomic E-state index is 4.80. The van der Waals surface area contributed by atoms with Gasteiger partial charge < -0.3 is 9.97 Å². The maximum absolute atomic E-state index is 4.80. The van der Waals surface area contributed by atoms with Crippen molar-refractivity contribution in [1.82, 2.24) is 9.97 Å². The van der Waals surface area contributed by atoms with Gasteiger partial charge >= 0.3 is 0 Å². The van der Waals surface area contributed by atoms with Gasteiger partial charge in [0.15, 0.2) is 4.77 Å². The van der Waals surface area contributed by atoms with Gasteiger partial charge in [-0.15, -0.1) is 12.6 Å². The number of nitrogens with one attached hydrogen (secondary N) is 2. The third kappa shape index (κ3) is 1.92. The summed E-state index contributed by atoms with van der Waals surface area (Å²) < 4.78 is 1.11. The molecule has 0 atom stereocenters. The van der Waals surface area contributed by atoms with Crippen molar-refractivity contribution in [3.63, 3.8) is 0 Å². The van der Waals surface area contributed by atoms with Gasteiger partial charge in [-0.05, 0) is 12.2 Å². The van der Waals surface area contributed by atoms with Gasteiger partial charge in [0.05, 0.1) is 5.03 Å². The molecule has 0 aliphatic carbocycles. The predicted octanol–water partition coefficient (Wildman–Crippen LogP) is 2.09. The number of aromatic nitrogens is 2. The fourth-order valence-electron chi connectivity index (χ4n) is 0.456. The molecule has 5 heteroatoms. The first-order valence-electron chi connectivity index (χ1n) is 2.21. The summed E-state index contributed by atoms with van der Waals surface area (Å²) in [5.74, 6) is 0. The van der Waals surface area contributed by atoms with Crippen LogP contribution in [0.2, 0.25) is 0 Å². The standard InChI is InChI=1S/C4H4N2S3/c7-2-1-3(8)6-4(9)5-2/h1H,(H3,5,6,7,8,9). The van der Waals surface area contributed by atoms with Crippen LogP contribution in [0, 0.1) is 9.41 Å². The zero-order valence-corrected chi connectivity index (χ0v) is 6.87. The third-order valence-corrected chi connectivity index (χ3v) is 1.41. The number of hydrogen-bond donors (Lipinski definition) is 3. The Bertz CT molecular complexity index is 282. The van der Waals surface area contributed by atoms with Crippen LogP contribution in [0.3, 0.4) is 0 Å². The molecule has 2 N–H and O–H groups in total. The van der Waals surface area contributed by atoms with E-state index in [4.69, 9.17) is 24.4 Å². The Morgan fingerprint density at radius 3 is 2.44 bits per heavy atom. The minimum atomic E-state index is 0.507. The normalized spacial score (nSPS) is 9.44. The molecule has 0 amide bonds. The van der Waals surface area contributed by atoms with Gasteiger partial charge in [-0.3, -0.25) is 0 Å². The molecular weight excluding hydrogens is 172 g/mol. The molecule has 1 heterocycles. The van der Waals surface area contributed by atoms with Crippen molar-refractivity contribution >= 4 is 37.1 Å². The van der Waals surface area contributed by atoms with E-state index in [0.717, 1.165) is 0 Å². The first kappa shape index (κ1) is 6.98. The summed E-state index contributed by atoms with van der Waals surface area (Å²) in [5.41, 5.74) is 0. The van der Waals surface area contributed by atoms with Crippen LogP contribution in [-0.4, -0.2) is 9.97 Å². The molecule has 1 aromatic heterocycles. The number of thiol groups is 1. The van der Waals surface area contributed by atoms with E-state index in [9.17, 15) is 0 Å². The summed E-state index contributed by atoms with van der Waals surface area (Å²) in [6.07, 6.45) is 0. The molecule has 9 heavy (non-hydrogen) atoms. The fraction of sp³-hybridized carbons (Fsp3) is 0. The molecular formula is C4H4N2S3. The van der Waals surface area contributed by atoms with E-state index >= 15 is 0 Å². The monoisotopic (exact) mass is 176 g/mol. The minimum absolute atomic E-state index is 0.507. The van der Waals surface area contributed by atoms with Gasteiger partial charge in [0, 0.05) is 6.07 Å². The van der Waals surface area contributed by atoms with Crippen molar-refractivity contribution in [2.24, 2.45) is 0 Å². The molecule has 0 saturated heterocycles. The van der Waals surface area contributed by atoms with Gasteiger partial charge in [-0.2, -0.15) is 0 Å². The van der Waals surface area contributed by atoms with Crippen LogP contribution in [0.5, 0.6) is 0 Å². The lowest BCUT2D eigenvalue weighted by atomic mass is 10.7. The van der Waals surface area contributed by atoms with E-state index in [2.05, 4.69) is 22.6 Å². The average Bonchev–Trinajstić information content (AvgIpc) is 1.59. The summed E-state index contributed by atoms with van der Waals surface area (Å²) in [7, 11) is 0. The Labute approximate surface area is 67.7 Å². The second kappa shape index (κ2) is 2.64. The van der Waals surface area contributed by atoms with Gasteiger partial charge in [-0.1, -0.05) is 12.2 Å². The first-order valence-corrected chi connectivity index (χ1v) is 3.47. The summed E-state index contributed by atoms with van der Waals surface area (Å²) in [6, 6.07) is 1.69. The van der Waals surface area contributed by atoms with Crippen molar-refractivity contribution in [2.45, 2.75) is 5.03 Å². The number of rotatable bonds is 0. The molecule has 2 nitrogen and oxygen atoms in total. The van der Waals surface area contributed by atoms with Crippen molar-refractivity contribution in [2.75, 3.05) is 0 Å². The third-order valence-electron chi connectivity index (χ3n) is 0.746. The summed E-state index contributed by atoms with van der Waals surface area (Å²) in [4.78, 5) is 5.50. The molecule has 0 fully saturated rings. The zero-order chi connectivity index (χ0) is 6.85. The van der Waals surface area contributed by atoms with Crippen molar-refractivity contribution in [3.8, 4) is 0 Å². The minimum Gasteiger partial charge on any atom is -0.327 e. The quantitative estimate of drug-likeness (QED) is 0.321. The largest absolute Gasteiger partial charge is 0.327 e. The Morgan fingerprint density at radius 1 is 1.33 bits per heavy atom. The molecule has 1 rings (SSSR count). The van der Waals surface area contributed by atoms with Crippen LogP contribution in [0.25, 0.3) is 0 Å². The van der Waals surface area contributed by atoms with Crippen LogP contribution in [0.4, 0.5) is 0 Å². The Morgan fingerprint density at radius 2 is 2.00 bits per heavy atom. The van der Waals surface area contributed by atoms with Gasteiger partial charge in [-0.25, -0.2) is 0 Å². The van der Waals surface area contributed by atoms with Gasteiger partial charge in [0.25, 0.3) is 0 Å². The molecule has 0 bridgehead atoms. The van der Waals surface area contributed by atoms with E-state index < -0.39 is 0 Å². The van der Waals surface area contributed by atoms with Crippen LogP contribution in [-0.2, 0) is 0 Å². The zero-order valence-electron chi connectivity index (χ0n) is 4.34. The van der Waals surface area contributed by atoms with Crippen LogP contribution >= 0.6 is 37.1 Å². The lowest BCUT2D eigenvalue weighted by Gasteiger charge is -1.88. The number of H-pyrrole nitrogens is 2. The molecule has 0 radical (unpaired) electrons. The lowest BCUT2D eigenvalue weighted by molar-refractivity contribution is 1.02. The van der Waals surface area contributed by atoms with Crippen LogP contribution in [0.1, 0.15) is 0 Å². The highest BCUT2D eigenvalue weighted by Crippen LogP contribution is 1.98. The smallest absolute Gasteiger partial charge is 0.176 e. The molecule has 48 valence electrons. The molecule has 0 aromatic carbocycles. The highest BCUT2D eigenvalue weighted by molar-refractivity contribution is 7.80. The van der Waals surface area contributed by atoms with Crippen molar-refractivity contribution in [1.29, 1.82) is 0 Å². The predicted molar refractivity (Wildman–Crippen MR) is 44.1 cm³/mol. The molecule has 0 saturated carbocycles. The second-order valence-electron chi connectivity index (χ2n) is 1.47. The summed E-state index contributed by atoms with van der Waals surface area (Å²) in [6.45, 7) is 0. The van der Waals surface area contributed by atoms with Crippen LogP contribution in [0.15, 0.2) is 11.1 Å². The van der Waals surface area contributed by atoms with E-state index in [1.54, 1.807) is 6.07 Å². The molecule has 0 unspecified atom stereocenters. The van der Waals surface area contributed by atoms with E-state index in [1.165, 1.54) is 0 Å². The molecule has 0 spiro atoms. The highest BCUT2D eigenvalue weighted by Gasteiger charge is 1.81.